The summed E-state index contributed by atoms with van der Waals surface area (Å²) in [5.41, 5.74) is 2.28. The molecule has 4 rings (SSSR count). The number of oxazole rings is 1. The minimum atomic E-state index is -0.0633. The van der Waals surface area contributed by atoms with E-state index in [0.29, 0.717) is 12.5 Å². The molecule has 1 aliphatic carbocycles. The van der Waals surface area contributed by atoms with Crippen molar-refractivity contribution < 1.29 is 14.3 Å². The number of aliphatic hydroxyl groups excluding tert-OH is 1. The van der Waals surface area contributed by atoms with Crippen molar-refractivity contribution >= 4 is 22.7 Å². The van der Waals surface area contributed by atoms with Crippen LogP contribution in [0, 0.1) is 0 Å². The monoisotopic (exact) mass is 315 g/mol. The highest BCUT2D eigenvalue weighted by atomic mass is 16.3. The molecule has 0 radical (unpaired) electrons. The quantitative estimate of drug-likeness (QED) is 0.883. The van der Waals surface area contributed by atoms with Gasteiger partial charge in [0.25, 0.3) is 0 Å². The lowest BCUT2D eigenvalue weighted by Gasteiger charge is -2.21. The van der Waals surface area contributed by atoms with E-state index < -0.39 is 0 Å². The van der Waals surface area contributed by atoms with Crippen molar-refractivity contribution in [2.45, 2.75) is 37.6 Å². The third-order valence-electron chi connectivity index (χ3n) is 4.67. The summed E-state index contributed by atoms with van der Waals surface area (Å²) in [6, 6.07) is 5.68. The highest BCUT2D eigenvalue weighted by Crippen LogP contribution is 2.40. The summed E-state index contributed by atoms with van der Waals surface area (Å²) in [5.74, 6) is 1.23. The van der Waals surface area contributed by atoms with Gasteiger partial charge in [-0.2, -0.15) is 0 Å². The van der Waals surface area contributed by atoms with Crippen LogP contribution < -0.4 is 5.32 Å². The van der Waals surface area contributed by atoms with Crippen molar-refractivity contribution in [2.75, 3.05) is 25.0 Å². The van der Waals surface area contributed by atoms with E-state index in [1.54, 1.807) is 0 Å². The Balaban J connectivity index is 1.43. The molecule has 1 saturated heterocycles. The topological polar surface area (TPSA) is 78.6 Å². The number of rotatable bonds is 5. The van der Waals surface area contributed by atoms with Crippen molar-refractivity contribution in [3.05, 3.63) is 24.1 Å². The lowest BCUT2D eigenvalue weighted by atomic mass is 10.2. The average Bonchev–Trinajstić information content (AvgIpc) is 3.15. The first-order valence-electron chi connectivity index (χ1n) is 8.28. The third-order valence-corrected chi connectivity index (χ3v) is 4.67. The molecule has 0 bridgehead atoms. The first-order valence-corrected chi connectivity index (χ1v) is 8.28. The Morgan fingerprint density at radius 1 is 1.39 bits per heavy atom. The van der Waals surface area contributed by atoms with Gasteiger partial charge in [0.1, 0.15) is 5.52 Å². The molecule has 6 heteroatoms. The number of aliphatic hydroxyl groups is 1. The number of benzene rings is 1. The second-order valence-corrected chi connectivity index (χ2v) is 6.51. The summed E-state index contributed by atoms with van der Waals surface area (Å²) in [4.78, 5) is 18.7. The Kier molecular flexibility index (Phi) is 3.79. The number of nitrogens with one attached hydrogen (secondary N) is 1. The van der Waals surface area contributed by atoms with Crippen molar-refractivity contribution in [1.82, 2.24) is 9.88 Å². The Labute approximate surface area is 134 Å². The fraction of sp³-hybridized carbons (Fsp3) is 0.529. The van der Waals surface area contributed by atoms with Crippen LogP contribution >= 0.6 is 0 Å². The molecule has 1 aromatic heterocycles. The van der Waals surface area contributed by atoms with Crippen molar-refractivity contribution in [3.63, 3.8) is 0 Å². The van der Waals surface area contributed by atoms with Crippen LogP contribution in [0.5, 0.6) is 0 Å². The number of fused-ring (bicyclic) bond motifs is 1. The number of nitrogens with zero attached hydrogens (tertiary/aromatic N) is 2. The first kappa shape index (κ1) is 14.7. The summed E-state index contributed by atoms with van der Waals surface area (Å²) < 4.78 is 5.78. The van der Waals surface area contributed by atoms with Crippen LogP contribution in [0.15, 0.2) is 22.6 Å². The van der Waals surface area contributed by atoms with E-state index in [1.165, 1.54) is 0 Å². The molecule has 2 fully saturated rings. The minimum Gasteiger partial charge on any atom is -0.440 e. The van der Waals surface area contributed by atoms with Gasteiger partial charge in [0.2, 0.25) is 5.91 Å². The van der Waals surface area contributed by atoms with Crippen molar-refractivity contribution in [1.29, 1.82) is 0 Å². The van der Waals surface area contributed by atoms with Gasteiger partial charge in [-0.3, -0.25) is 9.69 Å². The standard InChI is InChI=1S/C17H21N3O3/c21-10-13-2-1-7-20(13)9-16(22)18-12-5-6-14-15(8-12)23-17(19-14)11-3-4-11/h5-6,8,11,13,21H,1-4,7,9-10H2,(H,18,22). The number of hydrogen-bond acceptors (Lipinski definition) is 5. The maximum absolute atomic E-state index is 12.2. The van der Waals surface area contributed by atoms with Gasteiger partial charge in [-0.1, -0.05) is 0 Å². The average molecular weight is 315 g/mol. The molecular weight excluding hydrogens is 294 g/mol. The molecule has 1 aliphatic heterocycles. The molecule has 1 atom stereocenters. The second kappa shape index (κ2) is 5.94. The van der Waals surface area contributed by atoms with E-state index in [-0.39, 0.29) is 18.6 Å². The lowest BCUT2D eigenvalue weighted by molar-refractivity contribution is -0.117. The van der Waals surface area contributed by atoms with Crippen LogP contribution in [0.3, 0.4) is 0 Å². The second-order valence-electron chi connectivity index (χ2n) is 6.51. The molecule has 2 aromatic rings. The van der Waals surface area contributed by atoms with Gasteiger partial charge >= 0.3 is 0 Å². The number of amides is 1. The van der Waals surface area contributed by atoms with E-state index in [4.69, 9.17) is 4.42 Å². The van der Waals surface area contributed by atoms with Crippen molar-refractivity contribution in [3.8, 4) is 0 Å². The normalized spacial score (nSPS) is 21.9. The van der Waals surface area contributed by atoms with E-state index >= 15 is 0 Å². The highest BCUT2D eigenvalue weighted by molar-refractivity contribution is 5.94. The number of carbonyl (C=O) groups excluding carboxylic acids is 1. The Morgan fingerprint density at radius 2 is 2.26 bits per heavy atom. The van der Waals surface area contributed by atoms with Crippen LogP contribution in [-0.2, 0) is 4.79 Å². The maximum atomic E-state index is 12.2. The van der Waals surface area contributed by atoms with Crippen LogP contribution in [0.2, 0.25) is 0 Å². The smallest absolute Gasteiger partial charge is 0.238 e. The zero-order valence-corrected chi connectivity index (χ0v) is 13.0. The van der Waals surface area contributed by atoms with Crippen LogP contribution in [-0.4, -0.2) is 46.6 Å². The number of hydrogen-bond donors (Lipinski definition) is 2. The van der Waals surface area contributed by atoms with E-state index in [2.05, 4.69) is 10.3 Å². The van der Waals surface area contributed by atoms with Gasteiger partial charge in [0.05, 0.1) is 13.2 Å². The van der Waals surface area contributed by atoms with Crippen molar-refractivity contribution in [2.24, 2.45) is 0 Å². The molecule has 6 nitrogen and oxygen atoms in total. The van der Waals surface area contributed by atoms with Crippen LogP contribution in [0.4, 0.5) is 5.69 Å². The third kappa shape index (κ3) is 3.09. The zero-order chi connectivity index (χ0) is 15.8. The molecule has 1 saturated carbocycles. The molecule has 0 spiro atoms. The molecular formula is C17H21N3O3. The minimum absolute atomic E-state index is 0.0633. The number of likely N-dealkylation sites (tertiary alicyclic amines) is 1. The maximum Gasteiger partial charge on any atom is 0.238 e. The molecule has 2 aliphatic rings. The zero-order valence-electron chi connectivity index (χ0n) is 13.0. The van der Waals surface area contributed by atoms with Crippen LogP contribution in [0.25, 0.3) is 11.1 Å². The van der Waals surface area contributed by atoms with Crippen LogP contribution in [0.1, 0.15) is 37.5 Å². The predicted octanol–water partition coefficient (Wildman–Crippen LogP) is 2.10. The molecule has 1 unspecified atom stereocenters. The number of carbonyl (C=O) groups is 1. The highest BCUT2D eigenvalue weighted by Gasteiger charge is 2.29. The number of aromatic nitrogens is 1. The SMILES string of the molecule is O=C(CN1CCCC1CO)Nc1ccc2nc(C3CC3)oc2c1. The number of anilines is 1. The summed E-state index contributed by atoms with van der Waals surface area (Å²) in [5, 5.41) is 12.2. The molecule has 122 valence electrons. The predicted molar refractivity (Wildman–Crippen MR) is 86.3 cm³/mol. The Bertz CT molecular complexity index is 723. The molecule has 1 amide bonds. The fourth-order valence-corrected chi connectivity index (χ4v) is 3.22. The molecule has 2 heterocycles. The van der Waals surface area contributed by atoms with Gasteiger partial charge in [-0.05, 0) is 44.4 Å². The lowest BCUT2D eigenvalue weighted by Crippen LogP contribution is -2.38. The summed E-state index contributed by atoms with van der Waals surface area (Å²) in [7, 11) is 0. The van der Waals surface area contributed by atoms with Gasteiger partial charge < -0.3 is 14.8 Å². The largest absolute Gasteiger partial charge is 0.440 e. The fourth-order valence-electron chi connectivity index (χ4n) is 3.22. The van der Waals surface area contributed by atoms with E-state index in [0.717, 1.165) is 54.9 Å². The Morgan fingerprint density at radius 3 is 3.04 bits per heavy atom. The summed E-state index contributed by atoms with van der Waals surface area (Å²) >= 11 is 0. The van der Waals surface area contributed by atoms with E-state index in [9.17, 15) is 9.90 Å². The molecule has 2 N–H and O–H groups in total. The Hall–Kier alpha value is -1.92. The van der Waals surface area contributed by atoms with E-state index in [1.807, 2.05) is 23.1 Å². The first-order chi connectivity index (χ1) is 11.2. The van der Waals surface area contributed by atoms with Gasteiger partial charge in [-0.25, -0.2) is 4.98 Å². The van der Waals surface area contributed by atoms with Gasteiger partial charge in [0, 0.05) is 23.7 Å². The molecule has 23 heavy (non-hydrogen) atoms. The van der Waals surface area contributed by atoms with Gasteiger partial charge in [0.15, 0.2) is 11.5 Å². The summed E-state index contributed by atoms with van der Waals surface area (Å²) in [6.07, 6.45) is 4.29. The van der Waals surface area contributed by atoms with Gasteiger partial charge in [-0.15, -0.1) is 0 Å². The molecule has 1 aromatic carbocycles. The summed E-state index contributed by atoms with van der Waals surface area (Å²) in [6.45, 7) is 1.29.